The number of fused-ring (bicyclic) bond motifs is 5. The molecule has 3 N–H and O–H groups in total. The summed E-state index contributed by atoms with van der Waals surface area (Å²) in [7, 11) is -2.54. The molecule has 57 heavy (non-hydrogen) atoms. The van der Waals surface area contributed by atoms with Crippen molar-refractivity contribution in [3.8, 4) is 11.5 Å². The second-order valence-corrected chi connectivity index (χ2v) is 20.4. The Bertz CT molecular complexity index is 2140. The number of nitrogens with one attached hydrogen (secondary N) is 2. The van der Waals surface area contributed by atoms with Crippen LogP contribution in [0, 0.1) is 18.3 Å². The first-order chi connectivity index (χ1) is 26.7. The highest BCUT2D eigenvalue weighted by Gasteiger charge is 2.64. The third-order valence-electron chi connectivity index (χ3n) is 12.4. The lowest BCUT2D eigenvalue weighted by Crippen LogP contribution is -2.59. The fourth-order valence-electron chi connectivity index (χ4n) is 8.80. The number of benzene rings is 1. The average Bonchev–Trinajstić information content (AvgIpc) is 4.02. The van der Waals surface area contributed by atoms with Gasteiger partial charge in [-0.1, -0.05) is 45.8 Å². The van der Waals surface area contributed by atoms with Crippen LogP contribution in [0.1, 0.15) is 109 Å². The lowest BCUT2D eigenvalue weighted by atomic mass is 9.86. The van der Waals surface area contributed by atoms with Crippen LogP contribution in [0.15, 0.2) is 30.4 Å². The van der Waals surface area contributed by atoms with Crippen molar-refractivity contribution in [1.82, 2.24) is 24.8 Å². The number of aryl methyl sites for hydroxylation is 1. The highest BCUT2D eigenvalue weighted by atomic mass is 32.2. The fourth-order valence-corrected chi connectivity index (χ4v) is 10.1. The van der Waals surface area contributed by atoms with E-state index in [4.69, 9.17) is 9.47 Å². The molecule has 5 aliphatic rings. The maximum atomic E-state index is 16.9. The molecule has 0 radical (unpaired) electrons. The van der Waals surface area contributed by atoms with Crippen molar-refractivity contribution >= 4 is 44.7 Å². The van der Waals surface area contributed by atoms with E-state index in [-0.39, 0.29) is 50.1 Å². The molecule has 1 aromatic carbocycles. The average molecular weight is 812 g/mol. The van der Waals surface area contributed by atoms with E-state index in [1.165, 1.54) is 12.0 Å². The van der Waals surface area contributed by atoms with Gasteiger partial charge in [0.1, 0.15) is 40.9 Å². The number of carbonyl (C=O) groups is 4. The van der Waals surface area contributed by atoms with Gasteiger partial charge in [-0.05, 0) is 76.0 Å². The molecule has 3 fully saturated rings. The Morgan fingerprint density at radius 2 is 1.89 bits per heavy atom. The minimum atomic E-state index is -4.05. The Morgan fingerprint density at radius 3 is 2.56 bits per heavy atom. The molecule has 1 spiro atoms. The third kappa shape index (κ3) is 7.65. The van der Waals surface area contributed by atoms with E-state index in [2.05, 4.69) is 15.0 Å². The number of aromatic nitrogens is 1. The number of pyridine rings is 1. The van der Waals surface area contributed by atoms with Crippen LogP contribution in [0.2, 0.25) is 0 Å². The summed E-state index contributed by atoms with van der Waals surface area (Å²) in [5.74, 6) is -2.03. The van der Waals surface area contributed by atoms with Gasteiger partial charge in [-0.15, -0.1) is 0 Å². The summed E-state index contributed by atoms with van der Waals surface area (Å²) in [5.41, 5.74) is -2.31. The minimum absolute atomic E-state index is 0.0352. The summed E-state index contributed by atoms with van der Waals surface area (Å²) in [6, 6.07) is 2.68. The first kappa shape index (κ1) is 40.7. The van der Waals surface area contributed by atoms with E-state index >= 15 is 9.18 Å². The Morgan fingerprint density at radius 1 is 1.16 bits per heavy atom. The van der Waals surface area contributed by atoms with Crippen LogP contribution in [-0.2, 0) is 24.4 Å². The summed E-state index contributed by atoms with van der Waals surface area (Å²) in [5, 5.41) is 13.9. The number of hydrogen-bond acceptors (Lipinski definition) is 9. The molecule has 4 heterocycles. The zero-order valence-corrected chi connectivity index (χ0v) is 34.3. The second kappa shape index (κ2) is 14.4. The predicted molar refractivity (Wildman–Crippen MR) is 209 cm³/mol. The number of amides is 4. The molecule has 1 saturated heterocycles. The summed E-state index contributed by atoms with van der Waals surface area (Å²) in [4.78, 5) is 63.8. The molecule has 1 aromatic heterocycles. The van der Waals surface area contributed by atoms with E-state index in [1.54, 1.807) is 32.0 Å². The largest absolute Gasteiger partial charge is 0.497 e. The van der Waals surface area contributed by atoms with Gasteiger partial charge in [-0.3, -0.25) is 24.0 Å². The topological polar surface area (TPSA) is 185 Å². The summed E-state index contributed by atoms with van der Waals surface area (Å²) in [6.07, 6.45) is 4.17. The molecule has 3 aliphatic heterocycles. The van der Waals surface area contributed by atoms with Crippen LogP contribution in [-0.4, -0.2) is 100 Å². The zero-order chi connectivity index (χ0) is 41.3. The van der Waals surface area contributed by atoms with Gasteiger partial charge in [0.05, 0.1) is 29.6 Å². The highest BCUT2D eigenvalue weighted by Crippen LogP contribution is 2.52. The number of nitrogens with zero attached hydrogens (tertiary/aromatic N) is 3. The van der Waals surface area contributed by atoms with E-state index in [1.807, 2.05) is 32.9 Å². The van der Waals surface area contributed by atoms with Crippen molar-refractivity contribution in [2.45, 2.75) is 133 Å². The molecule has 7 rings (SSSR count). The third-order valence-corrected chi connectivity index (χ3v) is 14.5. The molecule has 0 bridgehead atoms. The van der Waals surface area contributed by atoms with Crippen LogP contribution in [0.25, 0.3) is 10.9 Å². The maximum Gasteiger partial charge on any atom is 0.407 e. The number of halogens is 1. The zero-order valence-electron chi connectivity index (χ0n) is 33.5. The number of rotatable bonds is 6. The lowest BCUT2D eigenvalue weighted by Gasteiger charge is -2.39. The van der Waals surface area contributed by atoms with Crippen molar-refractivity contribution in [2.75, 3.05) is 20.2 Å². The van der Waals surface area contributed by atoms with Gasteiger partial charge >= 0.3 is 6.09 Å². The van der Waals surface area contributed by atoms with Crippen LogP contribution in [0.4, 0.5) is 9.18 Å². The van der Waals surface area contributed by atoms with Gasteiger partial charge < -0.3 is 24.8 Å². The van der Waals surface area contributed by atoms with Crippen LogP contribution >= 0.6 is 0 Å². The van der Waals surface area contributed by atoms with Crippen molar-refractivity contribution in [1.29, 1.82) is 0 Å². The molecule has 14 nitrogen and oxygen atoms in total. The molecule has 2 aromatic rings. The summed E-state index contributed by atoms with van der Waals surface area (Å²) in [6.45, 7) is 8.68. The Hall–Kier alpha value is -4.47. The van der Waals surface area contributed by atoms with E-state index in [9.17, 15) is 27.9 Å². The van der Waals surface area contributed by atoms with E-state index < -0.39 is 79.3 Å². The summed E-state index contributed by atoms with van der Waals surface area (Å²) < 4.78 is 56.6. The van der Waals surface area contributed by atoms with Crippen molar-refractivity contribution in [3.05, 3.63) is 41.6 Å². The molecule has 6 atom stereocenters. The highest BCUT2D eigenvalue weighted by molar-refractivity contribution is 7.91. The normalized spacial score (nSPS) is 30.4. The standard InChI is InChI=1S/C41H54FN5O9S/c1-24-33-32(27-18-26(55-6)14-15-29(27)43-24)28(42)20-40(56-33)21-31-34(48)44-41(36(50)45-57(53,54)39(5)16-17-39)19-25(41)12-10-8-7-9-11-13-30(35(49)46(31)23-40)47(37(51)52)22-38(2,3)4/h10,12,14-15,18,25,28,30-31H,7-9,11,13,16-17,19-23H2,1-6H3,(H,44,48)(H,45,50)(H,51,52)/b12-10-/t25-,28-,30+,31+,40-,41-/m1/s1. The van der Waals surface area contributed by atoms with Crippen LogP contribution in [0.3, 0.4) is 0 Å². The molecule has 310 valence electrons. The number of methoxy groups -OCH3 is 1. The van der Waals surface area contributed by atoms with Gasteiger partial charge in [-0.2, -0.15) is 0 Å². The predicted octanol–water partition coefficient (Wildman–Crippen LogP) is 5.47. The number of carboxylic acid groups (broad SMARTS) is 1. The van der Waals surface area contributed by atoms with Crippen molar-refractivity contribution in [2.24, 2.45) is 11.3 Å². The monoisotopic (exact) mass is 811 g/mol. The fraction of sp³-hybridized carbons (Fsp3) is 0.634. The molecule has 16 heteroatoms. The molecule has 4 amide bonds. The van der Waals surface area contributed by atoms with Gasteiger partial charge in [-0.25, -0.2) is 22.6 Å². The Labute approximate surface area is 333 Å². The van der Waals surface area contributed by atoms with Crippen LogP contribution in [0.5, 0.6) is 11.5 Å². The second-order valence-electron chi connectivity index (χ2n) is 18.2. The molecule has 2 aliphatic carbocycles. The number of carbonyl (C=O) groups excluding carboxylic acids is 3. The number of sulfonamides is 1. The molecular formula is C41H54FN5O9S. The Kier molecular flexibility index (Phi) is 10.3. The van der Waals surface area contributed by atoms with Gasteiger partial charge in [0.15, 0.2) is 0 Å². The number of ether oxygens (including phenoxy) is 2. The minimum Gasteiger partial charge on any atom is -0.497 e. The SMILES string of the molecule is COc1ccc2nc(C)c3c(c2c1)[C@H](F)C[C@]1(C[C@H]2C(=O)N[C@]4(C(=O)NS(=O)(=O)C5(C)CC5)C[C@H]4/C=C\CCCCC[C@H](N(CC(C)(C)C)C(=O)O)C(=O)N2C1)O3. The Balaban J connectivity index is 1.29. The quantitative estimate of drug-likeness (QED) is 0.316. The number of allylic oxidation sites excluding steroid dienone is 1. The van der Waals surface area contributed by atoms with E-state index in [0.717, 1.165) is 11.3 Å². The van der Waals surface area contributed by atoms with Crippen molar-refractivity contribution in [3.63, 3.8) is 0 Å². The number of alkyl halides is 1. The van der Waals surface area contributed by atoms with Crippen molar-refractivity contribution < 1.29 is 46.6 Å². The number of hydrogen-bond donors (Lipinski definition) is 3. The lowest BCUT2D eigenvalue weighted by molar-refractivity contribution is -0.143. The first-order valence-electron chi connectivity index (χ1n) is 19.9. The van der Waals surface area contributed by atoms with E-state index in [0.29, 0.717) is 54.5 Å². The molecular weight excluding hydrogens is 758 g/mol. The molecule has 2 saturated carbocycles. The van der Waals surface area contributed by atoms with Crippen LogP contribution < -0.4 is 19.5 Å². The first-order valence-corrected chi connectivity index (χ1v) is 21.4. The smallest absolute Gasteiger partial charge is 0.407 e. The van der Waals surface area contributed by atoms with Gasteiger partial charge in [0.25, 0.3) is 5.91 Å². The van der Waals surface area contributed by atoms with Gasteiger partial charge in [0, 0.05) is 36.3 Å². The van der Waals surface area contributed by atoms with Gasteiger partial charge in [0.2, 0.25) is 21.8 Å². The molecule has 0 unspecified atom stereocenters. The summed E-state index contributed by atoms with van der Waals surface area (Å²) >= 11 is 0. The maximum absolute atomic E-state index is 16.9.